The number of nitrogens with zero attached hydrogens (tertiary/aromatic N) is 9. The van der Waals surface area contributed by atoms with Crippen LogP contribution in [0.1, 0.15) is 289 Å². The first-order valence-electron chi connectivity index (χ1n) is 47.0. The summed E-state index contributed by atoms with van der Waals surface area (Å²) in [6.45, 7) is 16.1. The summed E-state index contributed by atoms with van der Waals surface area (Å²) in [5, 5.41) is 24.2. The summed E-state index contributed by atoms with van der Waals surface area (Å²) in [6, 6.07) is 26.9. The molecule has 0 saturated carbocycles. The van der Waals surface area contributed by atoms with E-state index in [9.17, 15) is 62.5 Å². The van der Waals surface area contributed by atoms with Crippen molar-refractivity contribution < 1.29 is 82.9 Å². The Labute approximate surface area is 805 Å². The number of nitrogens with one attached hydrogen (secondary N) is 1. The van der Waals surface area contributed by atoms with E-state index >= 15 is 0 Å². The first-order chi connectivity index (χ1) is 65.9. The Morgan fingerprint density at radius 3 is 1.32 bits per heavy atom. The van der Waals surface area contributed by atoms with Gasteiger partial charge >= 0.3 is 0 Å². The third-order valence-corrected chi connectivity index (χ3v) is 26.0. The molecule has 0 radical (unpaired) electrons. The molecule has 7 N–H and O–H groups in total. The van der Waals surface area contributed by atoms with E-state index in [0.29, 0.717) is 60.7 Å². The van der Waals surface area contributed by atoms with E-state index in [4.69, 9.17) is 41.8 Å². The summed E-state index contributed by atoms with van der Waals surface area (Å²) in [7, 11) is 0.370. The van der Waals surface area contributed by atoms with Crippen LogP contribution in [-0.4, -0.2) is 191 Å². The molecule has 6 aliphatic rings. The molecular formula is C105H123FN12O16S2. The van der Waals surface area contributed by atoms with Gasteiger partial charge in [0.25, 0.3) is 29.5 Å². The van der Waals surface area contributed by atoms with E-state index in [-0.39, 0.29) is 90.7 Å². The van der Waals surface area contributed by atoms with Crippen LogP contribution in [0.25, 0.3) is 20.9 Å². The van der Waals surface area contributed by atoms with Crippen molar-refractivity contribution in [2.45, 2.75) is 251 Å². The lowest BCUT2D eigenvalue weighted by Gasteiger charge is -2.32. The molecule has 10 amide bonds. The van der Waals surface area contributed by atoms with Gasteiger partial charge in [-0.05, 0) is 184 Å². The number of halogens is 1. The smallest absolute Gasteiger partial charge is 0.266 e. The first kappa shape index (κ1) is 103. The van der Waals surface area contributed by atoms with E-state index in [1.54, 1.807) is 106 Å². The van der Waals surface area contributed by atoms with Gasteiger partial charge in [0.1, 0.15) is 48.0 Å². The molecule has 6 aliphatic heterocycles. The number of likely N-dealkylation sites (tertiary alicyclic amines) is 3. The standard InChI is InChI=1S/C49H56N6O8S.C48H54N6O8S.C4H6.C3H4.CH3F/c1-49(2,61)23-20-32-13-11-14-33(27-32)31-63-39-28-35(29-51-44(39)50)40-30-52-45(64-40)34-21-24-54(25-22-34)42(57)17-9-7-5-4-6-8-10-26-62-38-16-12-15-36-43(38)48(60)55(46(36)58)37-18-19-41(56)53(3)47(37)59;1-48(2,60)22-19-31-12-10-13-32(26-31)30-62-38-27-34(28-50-43(38)49)39-29-51-45(63-39)33-20-23-53(24-21-33)41(56)16-8-6-4-3-5-7-9-25-61-37-15-11-14-35-42(37)47(59)54(46(35)58)36-17-18-40(55)52-44(36)57;1-3-4-2;1-3-2;1-2/h11-16,27-30,34,37,61H,4-10,17-19,21-22,24-26,31H2,1-3H3,(H2,50,51);10-15,26-29,33,36,60H,3-9,16-18,20-21,23-25,30H2,1-2H3,(H2,49,50)(H,52,55,57);1-2H3;1H,2H3;1H3/i;;;;1D. The van der Waals surface area contributed by atoms with Crippen LogP contribution in [0.3, 0.4) is 0 Å². The third-order valence-electron chi connectivity index (χ3n) is 23.5. The minimum atomic E-state index is -1.08. The predicted octanol–water partition coefficient (Wildman–Crippen LogP) is 16.2. The highest BCUT2D eigenvalue weighted by Crippen LogP contribution is 2.42. The van der Waals surface area contributed by atoms with Gasteiger partial charge in [-0.3, -0.25) is 72.4 Å². The number of amides is 10. The Hall–Kier alpha value is -13.2. The van der Waals surface area contributed by atoms with Crippen LogP contribution in [0.15, 0.2) is 122 Å². The van der Waals surface area contributed by atoms with Crippen LogP contribution in [-0.2, 0) is 42.0 Å². The number of terminal acetylenes is 1. The maximum atomic E-state index is 13.4. The van der Waals surface area contributed by atoms with Gasteiger partial charge in [0.2, 0.25) is 29.5 Å². The summed E-state index contributed by atoms with van der Waals surface area (Å²) in [6.07, 6.45) is 30.2. The maximum Gasteiger partial charge on any atom is 0.266 e. The Balaban J connectivity index is 0.000000258. The van der Waals surface area contributed by atoms with Crippen molar-refractivity contribution in [3.05, 3.63) is 176 Å². The Morgan fingerprint density at radius 2 is 0.912 bits per heavy atom. The quantitative estimate of drug-likeness (QED) is 0.0142. The number of piperidine rings is 4. The van der Waals surface area contributed by atoms with Crippen molar-refractivity contribution in [3.8, 4) is 91.7 Å². The lowest BCUT2D eigenvalue weighted by atomic mass is 9.97. The summed E-state index contributed by atoms with van der Waals surface area (Å²) in [4.78, 5) is 155. The Morgan fingerprint density at radius 1 is 0.522 bits per heavy atom. The molecule has 2 atom stereocenters. The third kappa shape index (κ3) is 29.7. The van der Waals surface area contributed by atoms with Gasteiger partial charge in [-0.2, -0.15) is 0 Å². The molecule has 28 nitrogen and oxygen atoms in total. The normalized spacial score (nSPS) is 16.0. The minimum absolute atomic E-state index is 0.0662. The summed E-state index contributed by atoms with van der Waals surface area (Å²) in [5.41, 5.74) is 16.1. The van der Waals surface area contributed by atoms with Crippen molar-refractivity contribution in [3.63, 3.8) is 0 Å². The molecule has 4 saturated heterocycles. The van der Waals surface area contributed by atoms with E-state index in [1.165, 1.54) is 7.05 Å². The SMILES string of the molecule is C#CC.CC#CC.CC(C)(O)C#Cc1cccc(COc2cc(-c3cnc(C4CCN(C(=O)CCCCCCCCCOc5cccc6c5C(=O)N(C5CCC(=O)NC5=O)C6=O)CC4)s3)cnc2N)c1.CN1C(=O)CCC(N2C(=O)c3cccc(OCCCCCCCCCC(=O)N4CCC(c5ncc(-c6cnc(N)c(OCc7cccc(C#CC(C)(C)O)c7)c6)s5)CC4)c3C2=O)C1=O.[2H]CF. The number of alkyl halides is 1. The molecule has 136 heavy (non-hydrogen) atoms. The molecule has 0 aliphatic carbocycles. The topological polar surface area (TPSA) is 380 Å². The van der Waals surface area contributed by atoms with E-state index in [2.05, 4.69) is 63.2 Å². The number of thiazole rings is 2. The number of carbonyl (C=O) groups is 10. The maximum absolute atomic E-state index is 13.4. The highest BCUT2D eigenvalue weighted by Gasteiger charge is 2.49. The monoisotopic (exact) mass is 1890 g/mol. The number of ether oxygens (including phenoxy) is 4. The number of benzene rings is 4. The van der Waals surface area contributed by atoms with Gasteiger partial charge in [0.15, 0.2) is 23.1 Å². The van der Waals surface area contributed by atoms with E-state index < -0.39 is 71.8 Å². The molecule has 4 aromatic carbocycles. The minimum Gasteiger partial charge on any atom is -0.493 e. The molecule has 10 heterocycles. The number of hydrogen-bond acceptors (Lipinski definition) is 24. The Kier molecular flexibility index (Phi) is 39.1. The molecular weight excluding hydrogens is 1770 g/mol. The van der Waals surface area contributed by atoms with Gasteiger partial charge in [0, 0.05) is 118 Å². The highest BCUT2D eigenvalue weighted by atomic mass is 32.1. The van der Waals surface area contributed by atoms with Crippen molar-refractivity contribution in [1.29, 1.82) is 0 Å². The van der Waals surface area contributed by atoms with Gasteiger partial charge in [0.05, 0.1) is 63.8 Å². The van der Waals surface area contributed by atoms with Crippen LogP contribution in [0.2, 0.25) is 0 Å². The second kappa shape index (κ2) is 51.5. The molecule has 31 heteroatoms. The fourth-order valence-corrected chi connectivity index (χ4v) is 18.4. The zero-order valence-electron chi connectivity index (χ0n) is 79.8. The van der Waals surface area contributed by atoms with Crippen molar-refractivity contribution in [1.82, 2.24) is 49.8 Å². The molecule has 718 valence electrons. The van der Waals surface area contributed by atoms with Gasteiger partial charge in [-0.1, -0.05) is 124 Å². The van der Waals surface area contributed by atoms with Gasteiger partial charge in [-0.15, -0.1) is 46.9 Å². The van der Waals surface area contributed by atoms with E-state index in [1.807, 2.05) is 96.7 Å². The number of carbonyl (C=O) groups excluding carboxylic acids is 10. The largest absolute Gasteiger partial charge is 0.493 e. The number of hydrogen-bond donors (Lipinski definition) is 5. The molecule has 8 aromatic rings. The molecule has 14 rings (SSSR count). The average molecular weight is 1890 g/mol. The first-order valence-corrected chi connectivity index (χ1v) is 47.9. The van der Waals surface area contributed by atoms with E-state index in [0.717, 1.165) is 210 Å². The van der Waals surface area contributed by atoms with Crippen molar-refractivity contribution in [2.75, 3.05) is 65.1 Å². The highest BCUT2D eigenvalue weighted by molar-refractivity contribution is 7.15. The lowest BCUT2D eigenvalue weighted by molar-refractivity contribution is -0.150. The fourth-order valence-electron chi connectivity index (χ4n) is 16.3. The number of aliphatic hydroxyl groups is 2. The predicted molar refractivity (Wildman–Crippen MR) is 521 cm³/mol. The number of imide groups is 4. The number of aromatic nitrogens is 4. The number of anilines is 2. The van der Waals surface area contributed by atoms with Crippen LogP contribution in [0, 0.1) is 47.9 Å². The Bertz CT molecular complexity index is 5820. The average Bonchev–Trinajstić information content (AvgIpc) is 1.60. The zero-order valence-corrected chi connectivity index (χ0v) is 80.4. The van der Waals surface area contributed by atoms with Crippen molar-refractivity contribution >= 4 is 93.4 Å². The summed E-state index contributed by atoms with van der Waals surface area (Å²) in [5.74, 6) is 18.4. The number of likely N-dealkylation sites (N-methyl/N-ethyl adjacent to an activating group) is 1. The molecule has 2 unspecified atom stereocenters. The molecule has 0 spiro atoms. The van der Waals surface area contributed by atoms with Crippen LogP contribution >= 0.6 is 22.7 Å². The second-order valence-corrected chi connectivity index (χ2v) is 36.9. The molecule has 4 fully saturated rings. The number of pyridine rings is 2. The van der Waals surface area contributed by atoms with Crippen molar-refractivity contribution in [2.24, 2.45) is 0 Å². The second-order valence-electron chi connectivity index (χ2n) is 34.8. The molecule has 4 aromatic heterocycles. The summed E-state index contributed by atoms with van der Waals surface area (Å²) >= 11 is 3.28. The fraction of sp³-hybridized carbons (Fsp3) is 0.448. The number of fused-ring (bicyclic) bond motifs is 2. The lowest BCUT2D eigenvalue weighted by Crippen LogP contribution is -2.54. The number of rotatable bonds is 34. The molecule has 0 bridgehead atoms. The number of unbranched alkanes of at least 4 members (excludes halogenated alkanes) is 12. The van der Waals surface area contributed by atoms with Crippen LogP contribution < -0.4 is 35.7 Å². The van der Waals surface area contributed by atoms with Crippen LogP contribution in [0.5, 0.6) is 23.0 Å². The van der Waals surface area contributed by atoms with Gasteiger partial charge < -0.3 is 50.4 Å². The van der Waals surface area contributed by atoms with Gasteiger partial charge in [-0.25, -0.2) is 19.9 Å². The van der Waals surface area contributed by atoms with Crippen LogP contribution in [0.4, 0.5) is 16.0 Å². The number of nitrogen functional groups attached to an aromatic ring is 2. The number of nitrogens with two attached hydrogens (primary N) is 2. The summed E-state index contributed by atoms with van der Waals surface area (Å²) < 4.78 is 39.6. The zero-order chi connectivity index (χ0) is 98.7.